The monoisotopic (exact) mass is 523 g/mol. The highest BCUT2D eigenvalue weighted by Gasteiger charge is 2.20. The van der Waals surface area contributed by atoms with Gasteiger partial charge in [0.2, 0.25) is 5.78 Å². The Kier molecular flexibility index (Phi) is 6.52. The summed E-state index contributed by atoms with van der Waals surface area (Å²) in [4.78, 5) is 35.5. The van der Waals surface area contributed by atoms with Crippen molar-refractivity contribution in [2.24, 2.45) is 0 Å². The predicted molar refractivity (Wildman–Crippen MR) is 140 cm³/mol. The molecule has 0 aliphatic heterocycles. The third-order valence-electron chi connectivity index (χ3n) is 5.05. The van der Waals surface area contributed by atoms with Crippen molar-refractivity contribution in [3.05, 3.63) is 104 Å². The Morgan fingerprint density at radius 3 is 2.38 bits per heavy atom. The summed E-state index contributed by atoms with van der Waals surface area (Å²) < 4.78 is 1.38. The van der Waals surface area contributed by atoms with Gasteiger partial charge in [-0.1, -0.05) is 83.5 Å². The first kappa shape index (κ1) is 22.8. The number of hydrogen-bond acceptors (Lipinski definition) is 6. The van der Waals surface area contributed by atoms with Crippen LogP contribution >= 0.6 is 46.3 Å². The zero-order chi connectivity index (χ0) is 23.7. The van der Waals surface area contributed by atoms with Crippen LogP contribution in [0.5, 0.6) is 0 Å². The standard InChI is InChI=1S/C25H15Cl2N3O2S2/c26-17-10-6-11-18(27)22(17)30-24(32)16-9-4-5-12-19(16)29-25(30)34-14-21(31)23-28-20(13-33-23)15-7-2-1-3-8-15/h1-13H,14H2. The minimum Gasteiger partial charge on any atom is -0.291 e. The molecule has 2 aromatic heterocycles. The number of aromatic nitrogens is 3. The molecule has 0 N–H and O–H groups in total. The molecule has 5 aromatic rings. The highest BCUT2D eigenvalue weighted by Crippen LogP contribution is 2.32. The molecular formula is C25H15Cl2N3O2S2. The van der Waals surface area contributed by atoms with Gasteiger partial charge in [0.05, 0.1) is 38.1 Å². The molecule has 0 saturated carbocycles. The van der Waals surface area contributed by atoms with E-state index in [1.165, 1.54) is 15.9 Å². The van der Waals surface area contributed by atoms with Crippen LogP contribution in [0.15, 0.2) is 88.1 Å². The molecule has 0 bridgehead atoms. The number of carbonyl (C=O) groups excluding carboxylic acids is 1. The number of halogens is 2. The quantitative estimate of drug-likeness (QED) is 0.139. The Morgan fingerprint density at radius 1 is 0.912 bits per heavy atom. The van der Waals surface area contributed by atoms with Crippen LogP contribution in [0, 0.1) is 0 Å². The normalized spacial score (nSPS) is 11.1. The lowest BCUT2D eigenvalue weighted by Crippen LogP contribution is -2.23. The van der Waals surface area contributed by atoms with Crippen LogP contribution in [0.25, 0.3) is 27.8 Å². The summed E-state index contributed by atoms with van der Waals surface area (Å²) in [6.45, 7) is 0. The van der Waals surface area contributed by atoms with E-state index >= 15 is 0 Å². The molecule has 0 fully saturated rings. The first-order chi connectivity index (χ1) is 16.5. The largest absolute Gasteiger partial charge is 0.291 e. The molecule has 5 rings (SSSR count). The first-order valence-electron chi connectivity index (χ1n) is 10.2. The molecule has 0 amide bonds. The third kappa shape index (κ3) is 4.40. The minimum absolute atomic E-state index is 0.0502. The van der Waals surface area contributed by atoms with Crippen molar-refractivity contribution >= 4 is 63.0 Å². The number of para-hydroxylation sites is 2. The summed E-state index contributed by atoms with van der Waals surface area (Å²) >= 11 is 15.3. The molecule has 168 valence electrons. The van der Waals surface area contributed by atoms with Gasteiger partial charge in [-0.3, -0.25) is 14.2 Å². The summed E-state index contributed by atoms with van der Waals surface area (Å²) in [5.41, 5.74) is 2.26. The zero-order valence-electron chi connectivity index (χ0n) is 17.4. The Bertz CT molecular complexity index is 1560. The fourth-order valence-electron chi connectivity index (χ4n) is 3.44. The van der Waals surface area contributed by atoms with Crippen LogP contribution in [0.4, 0.5) is 0 Å². The molecule has 0 aliphatic rings. The van der Waals surface area contributed by atoms with E-state index in [2.05, 4.69) is 9.97 Å². The maximum absolute atomic E-state index is 13.4. The Hall–Kier alpha value is -2.97. The van der Waals surface area contributed by atoms with Crippen molar-refractivity contribution in [2.45, 2.75) is 5.16 Å². The molecule has 0 spiro atoms. The van der Waals surface area contributed by atoms with Crippen molar-refractivity contribution in [3.63, 3.8) is 0 Å². The van der Waals surface area contributed by atoms with E-state index in [1.54, 1.807) is 36.4 Å². The highest BCUT2D eigenvalue weighted by atomic mass is 35.5. The predicted octanol–water partition coefficient (Wildman–Crippen LogP) is 6.79. The number of carbonyl (C=O) groups is 1. The number of ketones is 1. The zero-order valence-corrected chi connectivity index (χ0v) is 20.6. The molecule has 2 heterocycles. The summed E-state index contributed by atoms with van der Waals surface area (Å²) in [5, 5.41) is 3.64. The molecule has 5 nitrogen and oxygen atoms in total. The van der Waals surface area contributed by atoms with Crippen LogP contribution in [-0.4, -0.2) is 26.1 Å². The number of benzene rings is 3. The van der Waals surface area contributed by atoms with Crippen molar-refractivity contribution < 1.29 is 4.79 Å². The number of thioether (sulfide) groups is 1. The molecular weight excluding hydrogens is 509 g/mol. The van der Waals surface area contributed by atoms with E-state index in [0.29, 0.717) is 36.8 Å². The van der Waals surface area contributed by atoms with Gasteiger partial charge in [0.25, 0.3) is 5.56 Å². The maximum atomic E-state index is 13.4. The number of rotatable bonds is 6. The lowest BCUT2D eigenvalue weighted by atomic mass is 10.2. The van der Waals surface area contributed by atoms with Gasteiger partial charge in [-0.05, 0) is 24.3 Å². The van der Waals surface area contributed by atoms with Gasteiger partial charge in [-0.2, -0.15) is 0 Å². The van der Waals surface area contributed by atoms with Crippen LogP contribution in [0.2, 0.25) is 10.0 Å². The topological polar surface area (TPSA) is 64.8 Å². The van der Waals surface area contributed by atoms with E-state index in [-0.39, 0.29) is 17.1 Å². The van der Waals surface area contributed by atoms with Gasteiger partial charge in [0.15, 0.2) is 10.2 Å². The molecule has 9 heteroatoms. The van der Waals surface area contributed by atoms with Crippen LogP contribution < -0.4 is 5.56 Å². The first-order valence-corrected chi connectivity index (χ1v) is 12.8. The van der Waals surface area contributed by atoms with Gasteiger partial charge in [0, 0.05) is 10.9 Å². The van der Waals surface area contributed by atoms with Crippen molar-refractivity contribution in [3.8, 4) is 16.9 Å². The molecule has 0 aliphatic carbocycles. The Labute approximate surface area is 213 Å². The smallest absolute Gasteiger partial charge is 0.266 e. The van der Waals surface area contributed by atoms with Crippen molar-refractivity contribution in [1.29, 1.82) is 0 Å². The van der Waals surface area contributed by atoms with Gasteiger partial charge < -0.3 is 0 Å². The lowest BCUT2D eigenvalue weighted by molar-refractivity contribution is 0.102. The van der Waals surface area contributed by atoms with Crippen LogP contribution in [0.3, 0.4) is 0 Å². The summed E-state index contributed by atoms with van der Waals surface area (Å²) in [6, 6.07) is 21.7. The molecule has 0 radical (unpaired) electrons. The second kappa shape index (κ2) is 9.72. The van der Waals surface area contributed by atoms with Gasteiger partial charge in [-0.25, -0.2) is 9.97 Å². The van der Waals surface area contributed by atoms with Crippen LogP contribution in [-0.2, 0) is 0 Å². The van der Waals surface area contributed by atoms with Gasteiger partial charge in [-0.15, -0.1) is 11.3 Å². The van der Waals surface area contributed by atoms with Crippen LogP contribution in [0.1, 0.15) is 9.80 Å². The third-order valence-corrected chi connectivity index (χ3v) is 7.48. The van der Waals surface area contributed by atoms with E-state index in [0.717, 1.165) is 23.0 Å². The summed E-state index contributed by atoms with van der Waals surface area (Å²) in [5.74, 6) is -0.106. The highest BCUT2D eigenvalue weighted by molar-refractivity contribution is 7.99. The maximum Gasteiger partial charge on any atom is 0.266 e. The van der Waals surface area contributed by atoms with E-state index < -0.39 is 0 Å². The molecule has 3 aromatic carbocycles. The van der Waals surface area contributed by atoms with Crippen molar-refractivity contribution in [1.82, 2.24) is 14.5 Å². The second-order valence-corrected chi connectivity index (χ2v) is 9.85. The van der Waals surface area contributed by atoms with Gasteiger partial charge in [0.1, 0.15) is 0 Å². The fraction of sp³-hybridized carbons (Fsp3) is 0.0400. The summed E-state index contributed by atoms with van der Waals surface area (Å²) in [7, 11) is 0. The molecule has 0 atom stereocenters. The van der Waals surface area contributed by atoms with Crippen molar-refractivity contribution in [2.75, 3.05) is 5.75 Å². The SMILES string of the molecule is O=C(CSc1nc2ccccc2c(=O)n1-c1c(Cl)cccc1Cl)c1nc(-c2ccccc2)cs1. The number of nitrogens with zero attached hydrogens (tertiary/aromatic N) is 3. The number of Topliss-reactive ketones (excluding diaryl/α,β-unsaturated/α-hetero) is 1. The molecule has 0 saturated heterocycles. The number of fused-ring (bicyclic) bond motifs is 1. The van der Waals surface area contributed by atoms with E-state index in [4.69, 9.17) is 23.2 Å². The fourth-order valence-corrected chi connectivity index (χ4v) is 5.73. The average Bonchev–Trinajstić information content (AvgIpc) is 3.35. The van der Waals surface area contributed by atoms with E-state index in [1.807, 2.05) is 41.8 Å². The summed E-state index contributed by atoms with van der Waals surface area (Å²) in [6.07, 6.45) is 0. The Morgan fingerprint density at radius 2 is 1.62 bits per heavy atom. The molecule has 34 heavy (non-hydrogen) atoms. The Balaban J connectivity index is 1.51. The average molecular weight is 524 g/mol. The van der Waals surface area contributed by atoms with Gasteiger partial charge >= 0.3 is 0 Å². The number of hydrogen-bond donors (Lipinski definition) is 0. The number of thiazole rings is 1. The lowest BCUT2D eigenvalue weighted by Gasteiger charge is -2.15. The second-order valence-electron chi connectivity index (χ2n) is 7.24. The minimum atomic E-state index is -0.309. The van der Waals surface area contributed by atoms with E-state index in [9.17, 15) is 9.59 Å². The molecule has 0 unspecified atom stereocenters.